The number of hydrogen-bond donors (Lipinski definition) is 1. The number of aromatic nitrogens is 4. The van der Waals surface area contributed by atoms with Gasteiger partial charge in [-0.05, 0) is 49.4 Å². The summed E-state index contributed by atoms with van der Waals surface area (Å²) in [5.74, 6) is 0.0949. The molecule has 4 rings (SSSR count). The zero-order chi connectivity index (χ0) is 29.6. The Bertz CT molecular complexity index is 1550. The summed E-state index contributed by atoms with van der Waals surface area (Å²) < 4.78 is 41.2. The number of anilines is 1. The summed E-state index contributed by atoms with van der Waals surface area (Å²) in [6.45, 7) is 11.4. The molecule has 1 amide bonds. The Labute approximate surface area is 239 Å². The van der Waals surface area contributed by atoms with Crippen LogP contribution in [0.5, 0.6) is 0 Å². The number of carbonyl (C=O) groups is 1. The lowest BCUT2D eigenvalue weighted by molar-refractivity contribution is -0.114. The van der Waals surface area contributed by atoms with Crippen molar-refractivity contribution in [2.45, 2.75) is 52.7 Å². The first-order chi connectivity index (χ1) is 19.6. The second-order valence-corrected chi connectivity index (χ2v) is 16.3. The summed E-state index contributed by atoms with van der Waals surface area (Å²) in [5, 5.41) is 2.72. The molecule has 0 spiro atoms. The van der Waals surface area contributed by atoms with E-state index in [0.717, 1.165) is 17.1 Å². The van der Waals surface area contributed by atoms with Crippen molar-refractivity contribution in [3.63, 3.8) is 0 Å². The zero-order valence-corrected chi connectivity index (χ0v) is 24.9. The van der Waals surface area contributed by atoms with E-state index >= 15 is 0 Å². The van der Waals surface area contributed by atoms with Crippen molar-refractivity contribution in [2.24, 2.45) is 0 Å². The predicted octanol–water partition coefficient (Wildman–Crippen LogP) is 7.38. The quantitative estimate of drug-likeness (QED) is 0.107. The van der Waals surface area contributed by atoms with Crippen LogP contribution in [0.25, 0.3) is 39.6 Å². The molecule has 0 aliphatic rings. The fourth-order valence-corrected chi connectivity index (χ4v) is 5.15. The Balaban J connectivity index is 2.02. The molecule has 0 unspecified atom stereocenters. The van der Waals surface area contributed by atoms with Gasteiger partial charge in [-0.2, -0.15) is 0 Å². The third-order valence-corrected chi connectivity index (χ3v) is 7.99. The van der Waals surface area contributed by atoms with Crippen LogP contribution in [-0.4, -0.2) is 46.7 Å². The molecule has 0 radical (unpaired) electrons. The van der Waals surface area contributed by atoms with Crippen molar-refractivity contribution in [2.75, 3.05) is 18.5 Å². The fourth-order valence-electron chi connectivity index (χ4n) is 4.39. The van der Waals surface area contributed by atoms with Crippen molar-refractivity contribution in [1.29, 1.82) is 0 Å². The molecule has 0 aliphatic carbocycles. The van der Waals surface area contributed by atoms with Gasteiger partial charge in [0.15, 0.2) is 0 Å². The largest absolute Gasteiger partial charge is 0.501 e. The van der Waals surface area contributed by atoms with E-state index < -0.39 is 14.5 Å². The highest BCUT2D eigenvalue weighted by molar-refractivity contribution is 6.76. The van der Waals surface area contributed by atoms with E-state index in [-0.39, 0.29) is 18.3 Å². The number of carbonyl (C=O) groups excluding carboxylic acids is 1. The molecule has 1 N–H and O–H groups in total. The minimum atomic E-state index is -2.73. The molecule has 4 aromatic rings. The molecule has 216 valence electrons. The average molecular weight is 580 g/mol. The van der Waals surface area contributed by atoms with Crippen molar-refractivity contribution in [1.82, 2.24) is 19.5 Å². The number of nitrogens with zero attached hydrogens (tertiary/aromatic N) is 4. The number of nitrogens with one attached hydrogen (secondary N) is 1. The topological polar surface area (TPSA) is 91.2 Å². The van der Waals surface area contributed by atoms with Crippen LogP contribution in [0.15, 0.2) is 55.1 Å². The van der Waals surface area contributed by atoms with Gasteiger partial charge in [-0.15, -0.1) is 0 Å². The van der Waals surface area contributed by atoms with E-state index in [1.807, 2.05) is 23.6 Å². The van der Waals surface area contributed by atoms with E-state index in [1.54, 1.807) is 42.9 Å². The number of hydrogen-bond acceptors (Lipinski definition) is 6. The normalized spacial score (nSPS) is 12.0. The van der Waals surface area contributed by atoms with E-state index in [4.69, 9.17) is 14.5 Å². The van der Waals surface area contributed by atoms with Crippen LogP contribution in [0, 0.1) is 0 Å². The number of amides is 1. The smallest absolute Gasteiger partial charge is 0.280 e. The molecular weight excluding hydrogens is 544 g/mol. The molecule has 0 saturated carbocycles. The van der Waals surface area contributed by atoms with Gasteiger partial charge in [0.2, 0.25) is 5.91 Å². The van der Waals surface area contributed by atoms with E-state index in [2.05, 4.69) is 34.9 Å². The predicted molar refractivity (Wildman–Crippen MR) is 160 cm³/mol. The van der Waals surface area contributed by atoms with Crippen LogP contribution in [-0.2, 0) is 21.0 Å². The minimum Gasteiger partial charge on any atom is -0.501 e. The molecule has 41 heavy (non-hydrogen) atoms. The highest BCUT2D eigenvalue weighted by Crippen LogP contribution is 2.41. The molecule has 0 aliphatic heterocycles. The van der Waals surface area contributed by atoms with Crippen molar-refractivity contribution >= 4 is 36.9 Å². The van der Waals surface area contributed by atoms with Crippen LogP contribution in [0.4, 0.5) is 14.6 Å². The molecule has 8 nitrogen and oxygen atoms in total. The van der Waals surface area contributed by atoms with Gasteiger partial charge in [-0.25, -0.2) is 18.7 Å². The molecule has 0 aromatic carbocycles. The van der Waals surface area contributed by atoms with Gasteiger partial charge >= 0.3 is 0 Å². The third-order valence-electron chi connectivity index (χ3n) is 6.28. The Hall–Kier alpha value is -3.96. The monoisotopic (exact) mass is 579 g/mol. The van der Waals surface area contributed by atoms with Crippen molar-refractivity contribution < 1.29 is 23.0 Å². The van der Waals surface area contributed by atoms with Crippen molar-refractivity contribution in [3.05, 3.63) is 66.3 Å². The second kappa shape index (κ2) is 13.1. The van der Waals surface area contributed by atoms with Gasteiger partial charge in [0, 0.05) is 45.1 Å². The molecule has 4 heterocycles. The Morgan fingerprint density at radius 2 is 1.93 bits per heavy atom. The molecule has 0 fully saturated rings. The second-order valence-electron chi connectivity index (χ2n) is 10.7. The third kappa shape index (κ3) is 7.41. The Morgan fingerprint density at radius 3 is 2.63 bits per heavy atom. The number of rotatable bonds is 12. The summed E-state index contributed by atoms with van der Waals surface area (Å²) in [4.78, 5) is 25.1. The number of ether oxygens (including phenoxy) is 2. The molecule has 0 saturated heterocycles. The maximum Gasteiger partial charge on any atom is 0.280 e. The van der Waals surface area contributed by atoms with E-state index in [1.165, 1.54) is 13.0 Å². The number of pyridine rings is 3. The van der Waals surface area contributed by atoms with Gasteiger partial charge in [0.05, 0.1) is 40.9 Å². The lowest BCUT2D eigenvalue weighted by Crippen LogP contribution is -2.22. The average Bonchev–Trinajstić information content (AvgIpc) is 3.25. The highest BCUT2D eigenvalue weighted by atomic mass is 28.3. The maximum absolute atomic E-state index is 13.7. The number of halogens is 2. The van der Waals surface area contributed by atoms with Crippen LogP contribution in [0.3, 0.4) is 0 Å². The minimum absolute atomic E-state index is 0.184. The molecule has 11 heteroatoms. The summed E-state index contributed by atoms with van der Waals surface area (Å²) >= 11 is 0. The summed E-state index contributed by atoms with van der Waals surface area (Å²) in [5.41, 5.74) is 4.06. The van der Waals surface area contributed by atoms with Gasteiger partial charge in [0.1, 0.15) is 18.2 Å². The van der Waals surface area contributed by atoms with Crippen molar-refractivity contribution in [3.8, 4) is 22.5 Å². The first kappa shape index (κ1) is 30.0. The van der Waals surface area contributed by atoms with Crippen LogP contribution in [0.1, 0.15) is 31.5 Å². The first-order valence-electron chi connectivity index (χ1n) is 13.5. The summed E-state index contributed by atoms with van der Waals surface area (Å²) in [6, 6.07) is 10.9. The Morgan fingerprint density at radius 1 is 1.15 bits per heavy atom. The van der Waals surface area contributed by atoms with E-state index in [9.17, 15) is 13.6 Å². The number of fused-ring (bicyclic) bond motifs is 1. The first-order valence-corrected chi connectivity index (χ1v) is 17.2. The highest BCUT2D eigenvalue weighted by Gasteiger charge is 2.25. The standard InChI is InChI=1S/C30H35F2N5O3Si/c1-6-39-15-12-21-10-14-34-27-26(23-8-7-9-24(36-23)30(31)32)28(22-11-13-33-25(18-22)35-20(2)38)37(29(21)27)19-40-16-17-41(3,4)5/h7-15,18,30H,6,16-17,19H2,1-5H3,(H,33,35,38). The lowest BCUT2D eigenvalue weighted by atomic mass is 10.0. The van der Waals surface area contributed by atoms with Gasteiger partial charge < -0.3 is 19.4 Å². The molecule has 4 aromatic heterocycles. The molecular formula is C30H35F2N5O3Si. The lowest BCUT2D eigenvalue weighted by Gasteiger charge is -2.18. The fraction of sp³-hybridized carbons (Fsp3) is 0.333. The summed E-state index contributed by atoms with van der Waals surface area (Å²) in [6.07, 6.45) is 3.99. The van der Waals surface area contributed by atoms with Crippen LogP contribution in [0.2, 0.25) is 25.7 Å². The zero-order valence-electron chi connectivity index (χ0n) is 23.9. The van der Waals surface area contributed by atoms with Crippen LogP contribution < -0.4 is 5.32 Å². The molecule has 0 bridgehead atoms. The van der Waals surface area contributed by atoms with Crippen LogP contribution >= 0.6 is 0 Å². The SMILES string of the molecule is CCOC=Cc1ccnc2c(-c3cccc(C(F)F)n3)c(-c3ccnc(NC(C)=O)c3)n(COCC[Si](C)(C)C)c12. The Kier molecular flexibility index (Phi) is 9.61. The maximum atomic E-state index is 13.7. The van der Waals surface area contributed by atoms with E-state index in [0.29, 0.717) is 47.1 Å². The molecule has 0 atom stereocenters. The summed E-state index contributed by atoms with van der Waals surface area (Å²) in [7, 11) is -1.35. The van der Waals surface area contributed by atoms with Gasteiger partial charge in [-0.1, -0.05) is 25.7 Å². The number of alkyl halides is 2. The van der Waals surface area contributed by atoms with Gasteiger partial charge in [-0.3, -0.25) is 9.78 Å². The van der Waals surface area contributed by atoms with Gasteiger partial charge in [0.25, 0.3) is 6.43 Å².